The van der Waals surface area contributed by atoms with Crippen LogP contribution in [0.2, 0.25) is 0 Å². The normalized spacial score (nSPS) is 11.1. The van der Waals surface area contributed by atoms with Crippen LogP contribution in [-0.4, -0.2) is 19.7 Å². The summed E-state index contributed by atoms with van der Waals surface area (Å²) in [6.45, 7) is 5.17. The number of ether oxygens (including phenoxy) is 1. The van der Waals surface area contributed by atoms with Gasteiger partial charge in [-0.15, -0.1) is 0 Å². The summed E-state index contributed by atoms with van der Waals surface area (Å²) in [6.07, 6.45) is 0.987. The summed E-state index contributed by atoms with van der Waals surface area (Å²) in [5, 5.41) is 0. The Bertz CT molecular complexity index is 481. The highest BCUT2D eigenvalue weighted by molar-refractivity contribution is 7.85. The van der Waals surface area contributed by atoms with Crippen LogP contribution in [0.3, 0.4) is 0 Å². The van der Waals surface area contributed by atoms with E-state index in [1.807, 2.05) is 0 Å². The number of aromatic nitrogens is 1. The maximum atomic E-state index is 10.8. The zero-order chi connectivity index (χ0) is 12.2. The summed E-state index contributed by atoms with van der Waals surface area (Å²) in [5.74, 6) is 0.871. The lowest BCUT2D eigenvalue weighted by molar-refractivity contribution is 0.304. The van der Waals surface area contributed by atoms with Gasteiger partial charge < -0.3 is 4.74 Å². The van der Waals surface area contributed by atoms with Gasteiger partial charge in [-0.05, 0) is 13.0 Å². The van der Waals surface area contributed by atoms with Gasteiger partial charge in [-0.25, -0.2) is 4.98 Å². The Morgan fingerprint density at radius 3 is 2.75 bits per heavy atom. The second kappa shape index (κ2) is 5.09. The van der Waals surface area contributed by atoms with E-state index in [4.69, 9.17) is 4.74 Å². The van der Waals surface area contributed by atoms with Crippen LogP contribution in [0.25, 0.3) is 0 Å². The zero-order valence-electron chi connectivity index (χ0n) is 9.13. The molecule has 0 fully saturated rings. The molecule has 0 aliphatic rings. The van der Waals surface area contributed by atoms with Crippen molar-refractivity contribution in [3.8, 4) is 5.88 Å². The smallest absolute Gasteiger partial charge is 0.264 e. The van der Waals surface area contributed by atoms with Gasteiger partial charge in [-0.3, -0.25) is 4.18 Å². The average molecular weight is 243 g/mol. The average Bonchev–Trinajstić information content (AvgIpc) is 2.13. The molecule has 0 N–H and O–H groups in total. The fourth-order valence-corrected chi connectivity index (χ4v) is 1.28. The van der Waals surface area contributed by atoms with E-state index in [-0.39, 0.29) is 6.61 Å². The van der Waals surface area contributed by atoms with E-state index in [0.717, 1.165) is 6.26 Å². The largest absolute Gasteiger partial charge is 0.444 e. The van der Waals surface area contributed by atoms with E-state index < -0.39 is 10.1 Å². The van der Waals surface area contributed by atoms with Crippen molar-refractivity contribution in [1.82, 2.24) is 4.98 Å². The molecule has 1 aromatic heterocycles. The fraction of sp³-hybridized carbons (Fsp3) is 0.300. The Morgan fingerprint density at radius 2 is 2.19 bits per heavy atom. The fourth-order valence-electron chi connectivity index (χ4n) is 0.941. The van der Waals surface area contributed by atoms with E-state index in [2.05, 4.69) is 15.7 Å². The lowest BCUT2D eigenvalue weighted by Gasteiger charge is -2.05. The van der Waals surface area contributed by atoms with Crippen LogP contribution in [0.15, 0.2) is 30.5 Å². The van der Waals surface area contributed by atoms with Gasteiger partial charge in [0.1, 0.15) is 6.61 Å². The molecule has 0 atom stereocenters. The van der Waals surface area contributed by atoms with Crippen LogP contribution in [0.4, 0.5) is 0 Å². The molecule has 1 aromatic rings. The zero-order valence-corrected chi connectivity index (χ0v) is 9.95. The molecular formula is C10H13NO4S. The minimum absolute atomic E-state index is 0.105. The van der Waals surface area contributed by atoms with E-state index in [9.17, 15) is 8.42 Å². The van der Waals surface area contributed by atoms with Crippen LogP contribution in [0.5, 0.6) is 5.88 Å². The number of rotatable bonds is 5. The third-order valence-corrected chi connectivity index (χ3v) is 2.03. The van der Waals surface area contributed by atoms with Crippen molar-refractivity contribution in [1.29, 1.82) is 0 Å². The molecule has 0 bridgehead atoms. The Labute approximate surface area is 94.8 Å². The van der Waals surface area contributed by atoms with Crippen molar-refractivity contribution in [2.24, 2.45) is 0 Å². The first-order valence-corrected chi connectivity index (χ1v) is 6.32. The summed E-state index contributed by atoms with van der Waals surface area (Å²) >= 11 is 0. The van der Waals surface area contributed by atoms with Gasteiger partial charge in [0.2, 0.25) is 5.88 Å². The Balaban J connectivity index is 2.71. The van der Waals surface area contributed by atoms with Crippen LogP contribution in [0, 0.1) is 0 Å². The van der Waals surface area contributed by atoms with Crippen LogP contribution < -0.4 is 4.74 Å². The second-order valence-corrected chi connectivity index (χ2v) is 4.88. The van der Waals surface area contributed by atoms with E-state index in [0.29, 0.717) is 17.3 Å². The molecule has 0 saturated carbocycles. The van der Waals surface area contributed by atoms with Crippen molar-refractivity contribution in [3.63, 3.8) is 0 Å². The molecule has 0 unspecified atom stereocenters. The number of hydrogen-bond acceptors (Lipinski definition) is 5. The number of hydrogen-bond donors (Lipinski definition) is 0. The highest BCUT2D eigenvalue weighted by Gasteiger charge is 2.04. The van der Waals surface area contributed by atoms with Crippen molar-refractivity contribution < 1.29 is 17.3 Å². The minimum atomic E-state index is -3.46. The third kappa shape index (κ3) is 4.90. The molecule has 1 rings (SSSR count). The molecule has 1 heterocycles. The summed E-state index contributed by atoms with van der Waals surface area (Å²) in [7, 11) is -3.46. The molecule has 5 nitrogen and oxygen atoms in total. The van der Waals surface area contributed by atoms with Crippen molar-refractivity contribution in [2.75, 3.05) is 6.26 Å². The van der Waals surface area contributed by atoms with Gasteiger partial charge in [0.15, 0.2) is 0 Å². The Kier molecular flexibility index (Phi) is 4.03. The maximum Gasteiger partial charge on any atom is 0.264 e. The predicted molar refractivity (Wildman–Crippen MR) is 59.3 cm³/mol. The molecule has 6 heteroatoms. The molecule has 16 heavy (non-hydrogen) atoms. The molecule has 0 radical (unpaired) electrons. The van der Waals surface area contributed by atoms with Crippen LogP contribution >= 0.6 is 0 Å². The summed E-state index contributed by atoms with van der Waals surface area (Å²) in [6, 6.07) is 5.00. The lowest BCUT2D eigenvalue weighted by atomic mass is 10.4. The van der Waals surface area contributed by atoms with Gasteiger partial charge in [0, 0.05) is 6.07 Å². The maximum absolute atomic E-state index is 10.8. The molecule has 0 amide bonds. The van der Waals surface area contributed by atoms with Gasteiger partial charge in [0.05, 0.1) is 17.7 Å². The van der Waals surface area contributed by atoms with Crippen LogP contribution in [-0.2, 0) is 20.9 Å². The topological polar surface area (TPSA) is 65.5 Å². The van der Waals surface area contributed by atoms with Crippen molar-refractivity contribution in [2.45, 2.75) is 13.5 Å². The quantitative estimate of drug-likeness (QED) is 0.578. The number of nitrogens with zero attached hydrogens (tertiary/aromatic N) is 1. The molecular weight excluding hydrogens is 230 g/mol. The minimum Gasteiger partial charge on any atom is -0.444 e. The number of allylic oxidation sites excluding steroid dienone is 1. The highest BCUT2D eigenvalue weighted by Crippen LogP contribution is 2.11. The third-order valence-electron chi connectivity index (χ3n) is 1.48. The van der Waals surface area contributed by atoms with E-state index in [1.54, 1.807) is 25.1 Å². The Morgan fingerprint density at radius 1 is 1.50 bits per heavy atom. The molecule has 0 spiro atoms. The van der Waals surface area contributed by atoms with E-state index in [1.165, 1.54) is 0 Å². The molecule has 0 aromatic carbocycles. The molecule has 0 aliphatic heterocycles. The Hall–Kier alpha value is -1.40. The van der Waals surface area contributed by atoms with Crippen LogP contribution in [0.1, 0.15) is 12.6 Å². The monoisotopic (exact) mass is 243 g/mol. The van der Waals surface area contributed by atoms with Crippen molar-refractivity contribution >= 4 is 10.1 Å². The SMILES string of the molecule is C=C(C)Oc1cccc(COS(C)(=O)=O)n1. The molecule has 88 valence electrons. The first-order chi connectivity index (χ1) is 7.37. The second-order valence-electron chi connectivity index (χ2n) is 3.24. The molecule has 0 saturated heterocycles. The standard InChI is InChI=1S/C10H13NO4S/c1-8(2)15-10-6-4-5-9(11-10)7-14-16(3,12)13/h4-6H,1,7H2,2-3H3. The summed E-state index contributed by atoms with van der Waals surface area (Å²) in [5.41, 5.74) is 0.476. The van der Waals surface area contributed by atoms with Gasteiger partial charge in [0.25, 0.3) is 10.1 Å². The number of pyridine rings is 1. The van der Waals surface area contributed by atoms with E-state index >= 15 is 0 Å². The summed E-state index contributed by atoms with van der Waals surface area (Å²) in [4.78, 5) is 4.04. The first-order valence-electron chi connectivity index (χ1n) is 4.50. The van der Waals surface area contributed by atoms with Gasteiger partial charge in [-0.1, -0.05) is 12.6 Å². The van der Waals surface area contributed by atoms with Crippen molar-refractivity contribution in [3.05, 3.63) is 36.2 Å². The summed E-state index contributed by atoms with van der Waals surface area (Å²) < 4.78 is 31.3. The van der Waals surface area contributed by atoms with Gasteiger partial charge >= 0.3 is 0 Å². The lowest BCUT2D eigenvalue weighted by Crippen LogP contribution is -2.04. The predicted octanol–water partition coefficient (Wildman–Crippen LogP) is 1.47. The first kappa shape index (κ1) is 12.7. The highest BCUT2D eigenvalue weighted by atomic mass is 32.2. The van der Waals surface area contributed by atoms with Gasteiger partial charge in [-0.2, -0.15) is 8.42 Å². The molecule has 0 aliphatic carbocycles.